The number of carbonyl (C=O) groups is 1. The van der Waals surface area contributed by atoms with Crippen molar-refractivity contribution in [2.45, 2.75) is 45.6 Å². The Labute approximate surface area is 126 Å². The van der Waals surface area contributed by atoms with Crippen molar-refractivity contribution in [3.05, 3.63) is 34.9 Å². The van der Waals surface area contributed by atoms with Crippen molar-refractivity contribution in [2.75, 3.05) is 13.2 Å². The van der Waals surface area contributed by atoms with E-state index < -0.39 is 0 Å². The molecule has 1 N–H and O–H groups in total. The summed E-state index contributed by atoms with van der Waals surface area (Å²) in [6.45, 7) is 5.26. The number of benzene rings is 1. The van der Waals surface area contributed by atoms with E-state index in [2.05, 4.69) is 24.4 Å². The fourth-order valence-electron chi connectivity index (χ4n) is 2.11. The lowest BCUT2D eigenvalue weighted by Gasteiger charge is -2.18. The summed E-state index contributed by atoms with van der Waals surface area (Å²) in [5.41, 5.74) is 1.24. The van der Waals surface area contributed by atoms with Gasteiger partial charge in [0.05, 0.1) is 6.61 Å². The van der Waals surface area contributed by atoms with E-state index in [9.17, 15) is 4.79 Å². The van der Waals surface area contributed by atoms with Crippen molar-refractivity contribution >= 4 is 17.6 Å². The molecule has 4 heteroatoms. The van der Waals surface area contributed by atoms with E-state index in [1.54, 1.807) is 0 Å². The highest BCUT2D eigenvalue weighted by molar-refractivity contribution is 6.30. The topological polar surface area (TPSA) is 38.3 Å². The van der Waals surface area contributed by atoms with Crippen molar-refractivity contribution in [1.29, 1.82) is 0 Å². The van der Waals surface area contributed by atoms with Crippen LogP contribution in [0.5, 0.6) is 0 Å². The van der Waals surface area contributed by atoms with E-state index in [1.165, 1.54) is 5.56 Å². The Morgan fingerprint density at radius 3 is 2.60 bits per heavy atom. The van der Waals surface area contributed by atoms with E-state index in [0.717, 1.165) is 30.8 Å². The van der Waals surface area contributed by atoms with E-state index in [4.69, 9.17) is 16.3 Å². The Bertz CT molecular complexity index is 392. The van der Waals surface area contributed by atoms with Crippen LogP contribution in [0.3, 0.4) is 0 Å². The number of rotatable bonds is 9. The summed E-state index contributed by atoms with van der Waals surface area (Å²) in [5.74, 6) is -0.118. The first-order valence-electron chi connectivity index (χ1n) is 7.31. The summed E-state index contributed by atoms with van der Waals surface area (Å²) in [6.07, 6.45) is 3.45. The fourth-order valence-corrected chi connectivity index (χ4v) is 2.24. The van der Waals surface area contributed by atoms with Crippen LogP contribution in [-0.2, 0) is 9.53 Å². The zero-order valence-corrected chi connectivity index (χ0v) is 13.1. The molecule has 112 valence electrons. The van der Waals surface area contributed by atoms with Gasteiger partial charge in [-0.05, 0) is 44.0 Å². The second kappa shape index (κ2) is 9.78. The molecule has 1 aromatic carbocycles. The maximum absolute atomic E-state index is 11.3. The van der Waals surface area contributed by atoms with Crippen LogP contribution in [0.1, 0.15) is 51.1 Å². The van der Waals surface area contributed by atoms with Crippen LogP contribution in [0.25, 0.3) is 0 Å². The van der Waals surface area contributed by atoms with Gasteiger partial charge in [0.2, 0.25) is 0 Å². The number of halogens is 1. The average Bonchev–Trinajstić information content (AvgIpc) is 2.43. The molecule has 1 unspecified atom stereocenters. The molecule has 1 aromatic rings. The van der Waals surface area contributed by atoms with Crippen LogP contribution in [0.2, 0.25) is 5.02 Å². The number of nitrogens with one attached hydrogen (secondary N) is 1. The maximum atomic E-state index is 11.3. The molecule has 20 heavy (non-hydrogen) atoms. The minimum absolute atomic E-state index is 0.118. The third kappa shape index (κ3) is 6.40. The predicted octanol–water partition coefficient (Wildman–Crippen LogP) is 4.11. The molecule has 0 aliphatic carbocycles. The number of hydrogen-bond donors (Lipinski definition) is 1. The molecule has 0 fully saturated rings. The molecule has 1 rings (SSSR count). The van der Waals surface area contributed by atoms with Gasteiger partial charge in [0, 0.05) is 17.5 Å². The van der Waals surface area contributed by atoms with Gasteiger partial charge in [-0.3, -0.25) is 4.79 Å². The molecule has 1 atom stereocenters. The third-order valence-electron chi connectivity index (χ3n) is 3.10. The van der Waals surface area contributed by atoms with Gasteiger partial charge in [0.1, 0.15) is 0 Å². The molecule has 0 aliphatic rings. The Balaban J connectivity index is 2.39. The van der Waals surface area contributed by atoms with E-state index in [0.29, 0.717) is 19.1 Å². The second-order valence-electron chi connectivity index (χ2n) is 4.76. The quantitative estimate of drug-likeness (QED) is 0.550. The van der Waals surface area contributed by atoms with Crippen molar-refractivity contribution in [3.8, 4) is 0 Å². The highest BCUT2D eigenvalue weighted by Gasteiger charge is 2.10. The van der Waals surface area contributed by atoms with Crippen LogP contribution in [0, 0.1) is 0 Å². The first-order chi connectivity index (χ1) is 9.67. The minimum Gasteiger partial charge on any atom is -0.466 e. The summed E-state index contributed by atoms with van der Waals surface area (Å²) in [7, 11) is 0. The summed E-state index contributed by atoms with van der Waals surface area (Å²) in [6, 6.07) is 8.27. The zero-order chi connectivity index (χ0) is 14.8. The molecule has 0 saturated heterocycles. The fraction of sp³-hybridized carbons (Fsp3) is 0.562. The Morgan fingerprint density at radius 1 is 1.30 bits per heavy atom. The number of esters is 1. The predicted molar refractivity (Wildman–Crippen MR) is 83.0 cm³/mol. The number of carbonyl (C=O) groups excluding carboxylic acids is 1. The Morgan fingerprint density at radius 2 is 2.00 bits per heavy atom. The summed E-state index contributed by atoms with van der Waals surface area (Å²) >= 11 is 5.91. The maximum Gasteiger partial charge on any atom is 0.305 e. The molecule has 0 bridgehead atoms. The Kier molecular flexibility index (Phi) is 8.31. The molecule has 0 spiro atoms. The van der Waals surface area contributed by atoms with E-state index in [-0.39, 0.29) is 5.97 Å². The molecular formula is C16H24ClNO2. The zero-order valence-electron chi connectivity index (χ0n) is 12.3. The summed E-state index contributed by atoms with van der Waals surface area (Å²) in [4.78, 5) is 11.3. The molecule has 0 saturated carbocycles. The van der Waals surface area contributed by atoms with Crippen molar-refractivity contribution in [1.82, 2.24) is 5.32 Å². The molecule has 0 amide bonds. The standard InChI is InChI=1S/C16H24ClNO2/c1-3-6-15(13-8-10-14(17)11-9-13)18-12-5-7-16(19)20-4-2/h8-11,15,18H,3-7,12H2,1-2H3. The highest BCUT2D eigenvalue weighted by atomic mass is 35.5. The van der Waals surface area contributed by atoms with Crippen LogP contribution >= 0.6 is 11.6 Å². The van der Waals surface area contributed by atoms with Crippen molar-refractivity contribution in [3.63, 3.8) is 0 Å². The molecule has 0 aromatic heterocycles. The van der Waals surface area contributed by atoms with Crippen LogP contribution in [0.4, 0.5) is 0 Å². The number of ether oxygens (including phenoxy) is 1. The van der Waals surface area contributed by atoms with Gasteiger partial charge in [-0.15, -0.1) is 0 Å². The molecule has 3 nitrogen and oxygen atoms in total. The highest BCUT2D eigenvalue weighted by Crippen LogP contribution is 2.20. The second-order valence-corrected chi connectivity index (χ2v) is 5.19. The molecule has 0 aliphatic heterocycles. The lowest BCUT2D eigenvalue weighted by molar-refractivity contribution is -0.143. The first kappa shape index (κ1) is 17.0. The van der Waals surface area contributed by atoms with Crippen LogP contribution in [-0.4, -0.2) is 19.1 Å². The van der Waals surface area contributed by atoms with Gasteiger partial charge in [-0.2, -0.15) is 0 Å². The first-order valence-corrected chi connectivity index (χ1v) is 7.69. The largest absolute Gasteiger partial charge is 0.466 e. The summed E-state index contributed by atoms with van der Waals surface area (Å²) in [5, 5.41) is 4.26. The van der Waals surface area contributed by atoms with Gasteiger partial charge in [0.25, 0.3) is 0 Å². The van der Waals surface area contributed by atoms with Crippen molar-refractivity contribution < 1.29 is 9.53 Å². The third-order valence-corrected chi connectivity index (χ3v) is 3.36. The van der Waals surface area contributed by atoms with Gasteiger partial charge in [-0.25, -0.2) is 0 Å². The average molecular weight is 298 g/mol. The SMILES string of the molecule is CCCC(NCCCC(=O)OCC)c1ccc(Cl)cc1. The monoisotopic (exact) mass is 297 g/mol. The smallest absolute Gasteiger partial charge is 0.305 e. The minimum atomic E-state index is -0.118. The summed E-state index contributed by atoms with van der Waals surface area (Å²) < 4.78 is 4.91. The van der Waals surface area contributed by atoms with Gasteiger partial charge in [-0.1, -0.05) is 37.1 Å². The van der Waals surface area contributed by atoms with Crippen LogP contribution < -0.4 is 5.32 Å². The van der Waals surface area contributed by atoms with Gasteiger partial charge in [0.15, 0.2) is 0 Å². The molecule has 0 radical (unpaired) electrons. The molecular weight excluding hydrogens is 274 g/mol. The van der Waals surface area contributed by atoms with E-state index in [1.807, 2.05) is 19.1 Å². The van der Waals surface area contributed by atoms with Crippen LogP contribution in [0.15, 0.2) is 24.3 Å². The lowest BCUT2D eigenvalue weighted by Crippen LogP contribution is -2.23. The lowest BCUT2D eigenvalue weighted by atomic mass is 10.0. The Hall–Kier alpha value is -1.06. The normalized spacial score (nSPS) is 12.2. The molecule has 0 heterocycles. The van der Waals surface area contributed by atoms with E-state index >= 15 is 0 Å². The van der Waals surface area contributed by atoms with Gasteiger partial charge >= 0.3 is 5.97 Å². The van der Waals surface area contributed by atoms with Crippen molar-refractivity contribution in [2.24, 2.45) is 0 Å². The number of hydrogen-bond acceptors (Lipinski definition) is 3. The van der Waals surface area contributed by atoms with Gasteiger partial charge < -0.3 is 10.1 Å².